The SMILES string of the molecule is CCOC(=O)C(C(C)=O)c1ccc(Cl)cc1. The van der Waals surface area contributed by atoms with Gasteiger partial charge >= 0.3 is 5.97 Å². The second-order valence-corrected chi connectivity index (χ2v) is 3.78. The van der Waals surface area contributed by atoms with Crippen LogP contribution in [0.25, 0.3) is 0 Å². The lowest BCUT2D eigenvalue weighted by Crippen LogP contribution is -2.22. The Bertz CT molecular complexity index is 384. The van der Waals surface area contributed by atoms with Gasteiger partial charge in [0.05, 0.1) is 6.61 Å². The molecule has 0 fully saturated rings. The highest BCUT2D eigenvalue weighted by Gasteiger charge is 2.26. The maximum atomic E-state index is 11.6. The number of carbonyl (C=O) groups excluding carboxylic acids is 2. The van der Waals surface area contributed by atoms with Crippen molar-refractivity contribution in [3.05, 3.63) is 34.9 Å². The first-order chi connectivity index (χ1) is 7.56. The molecule has 0 aliphatic carbocycles. The van der Waals surface area contributed by atoms with Gasteiger partial charge in [0.25, 0.3) is 0 Å². The number of halogens is 1. The number of esters is 1. The lowest BCUT2D eigenvalue weighted by molar-refractivity contribution is -0.147. The topological polar surface area (TPSA) is 43.4 Å². The summed E-state index contributed by atoms with van der Waals surface area (Å²) in [5, 5.41) is 0.565. The van der Waals surface area contributed by atoms with E-state index >= 15 is 0 Å². The van der Waals surface area contributed by atoms with E-state index in [0.717, 1.165) is 0 Å². The first-order valence-corrected chi connectivity index (χ1v) is 5.36. The largest absolute Gasteiger partial charge is 0.465 e. The fraction of sp³-hybridized carbons (Fsp3) is 0.333. The van der Waals surface area contributed by atoms with Gasteiger partial charge in [0.1, 0.15) is 11.7 Å². The molecular weight excluding hydrogens is 228 g/mol. The third kappa shape index (κ3) is 3.07. The van der Waals surface area contributed by atoms with Crippen LogP contribution in [0.2, 0.25) is 5.02 Å². The molecule has 16 heavy (non-hydrogen) atoms. The molecule has 0 heterocycles. The Morgan fingerprint density at radius 3 is 2.31 bits per heavy atom. The molecule has 0 amide bonds. The van der Waals surface area contributed by atoms with Gasteiger partial charge in [-0.1, -0.05) is 23.7 Å². The zero-order valence-corrected chi connectivity index (χ0v) is 9.95. The number of hydrogen-bond donors (Lipinski definition) is 0. The van der Waals surface area contributed by atoms with E-state index in [0.29, 0.717) is 10.6 Å². The lowest BCUT2D eigenvalue weighted by atomic mass is 9.96. The van der Waals surface area contributed by atoms with E-state index in [2.05, 4.69) is 0 Å². The van der Waals surface area contributed by atoms with Crippen LogP contribution in [0.5, 0.6) is 0 Å². The van der Waals surface area contributed by atoms with Crippen molar-refractivity contribution < 1.29 is 14.3 Å². The molecular formula is C12H13ClO3. The first-order valence-electron chi connectivity index (χ1n) is 4.98. The average molecular weight is 241 g/mol. The van der Waals surface area contributed by atoms with Gasteiger partial charge in [0, 0.05) is 5.02 Å². The summed E-state index contributed by atoms with van der Waals surface area (Å²) in [4.78, 5) is 23.0. The standard InChI is InChI=1S/C12H13ClO3/c1-3-16-12(15)11(8(2)14)9-4-6-10(13)7-5-9/h4-7,11H,3H2,1-2H3. The van der Waals surface area contributed by atoms with E-state index in [9.17, 15) is 9.59 Å². The molecule has 0 bridgehead atoms. The molecule has 1 aromatic rings. The fourth-order valence-corrected chi connectivity index (χ4v) is 1.54. The number of Topliss-reactive ketones (excluding diaryl/α,β-unsaturated/α-hetero) is 1. The third-order valence-electron chi connectivity index (χ3n) is 2.13. The molecule has 0 spiro atoms. The fourth-order valence-electron chi connectivity index (χ4n) is 1.42. The van der Waals surface area contributed by atoms with E-state index in [1.807, 2.05) is 0 Å². The molecule has 1 atom stereocenters. The monoisotopic (exact) mass is 240 g/mol. The minimum Gasteiger partial charge on any atom is -0.465 e. The number of carbonyl (C=O) groups is 2. The summed E-state index contributed by atoms with van der Waals surface area (Å²) in [6.07, 6.45) is 0. The minimum absolute atomic E-state index is 0.235. The van der Waals surface area contributed by atoms with Crippen molar-refractivity contribution in [3.8, 4) is 0 Å². The summed E-state index contributed by atoms with van der Waals surface area (Å²) in [5.41, 5.74) is 0.607. The number of ether oxygens (including phenoxy) is 1. The van der Waals surface area contributed by atoms with Crippen molar-refractivity contribution in [2.24, 2.45) is 0 Å². The predicted octanol–water partition coefficient (Wildman–Crippen LogP) is 2.58. The quantitative estimate of drug-likeness (QED) is 0.600. The van der Waals surface area contributed by atoms with Gasteiger partial charge < -0.3 is 4.74 Å². The summed E-state index contributed by atoms with van der Waals surface area (Å²) in [6, 6.07) is 6.61. The van der Waals surface area contributed by atoms with E-state index in [-0.39, 0.29) is 12.4 Å². The van der Waals surface area contributed by atoms with Crippen LogP contribution in [0.1, 0.15) is 25.3 Å². The van der Waals surface area contributed by atoms with Crippen LogP contribution in [-0.2, 0) is 14.3 Å². The summed E-state index contributed by atoms with van der Waals surface area (Å²) >= 11 is 5.74. The lowest BCUT2D eigenvalue weighted by Gasteiger charge is -2.12. The Labute approximate surface area is 99.4 Å². The van der Waals surface area contributed by atoms with Crippen molar-refractivity contribution in [1.82, 2.24) is 0 Å². The molecule has 4 heteroatoms. The van der Waals surface area contributed by atoms with E-state index in [4.69, 9.17) is 16.3 Å². The van der Waals surface area contributed by atoms with Crippen LogP contribution in [0, 0.1) is 0 Å². The van der Waals surface area contributed by atoms with Gasteiger partial charge in [-0.2, -0.15) is 0 Å². The minimum atomic E-state index is -0.850. The molecule has 0 N–H and O–H groups in total. The van der Waals surface area contributed by atoms with Gasteiger partial charge in [-0.15, -0.1) is 0 Å². The van der Waals surface area contributed by atoms with Crippen LogP contribution in [0.3, 0.4) is 0 Å². The van der Waals surface area contributed by atoms with Gasteiger partial charge in [-0.05, 0) is 31.5 Å². The van der Waals surface area contributed by atoms with Crippen LogP contribution >= 0.6 is 11.6 Å². The number of rotatable bonds is 4. The van der Waals surface area contributed by atoms with Crippen molar-refractivity contribution in [1.29, 1.82) is 0 Å². The highest BCUT2D eigenvalue weighted by atomic mass is 35.5. The van der Waals surface area contributed by atoms with Crippen LogP contribution < -0.4 is 0 Å². The van der Waals surface area contributed by atoms with Crippen LogP contribution in [0.4, 0.5) is 0 Å². The van der Waals surface area contributed by atoms with Crippen LogP contribution in [0.15, 0.2) is 24.3 Å². The number of benzene rings is 1. The van der Waals surface area contributed by atoms with Crippen molar-refractivity contribution in [2.45, 2.75) is 19.8 Å². The van der Waals surface area contributed by atoms with Crippen molar-refractivity contribution in [3.63, 3.8) is 0 Å². The second-order valence-electron chi connectivity index (χ2n) is 3.35. The van der Waals surface area contributed by atoms with E-state index < -0.39 is 11.9 Å². The normalized spacial score (nSPS) is 11.9. The molecule has 3 nitrogen and oxygen atoms in total. The molecule has 86 valence electrons. The van der Waals surface area contributed by atoms with Gasteiger partial charge in [-0.25, -0.2) is 0 Å². The molecule has 0 aliphatic heterocycles. The zero-order valence-electron chi connectivity index (χ0n) is 9.20. The summed E-state index contributed by atoms with van der Waals surface area (Å²) in [7, 11) is 0. The number of hydrogen-bond acceptors (Lipinski definition) is 3. The highest BCUT2D eigenvalue weighted by molar-refractivity contribution is 6.30. The third-order valence-corrected chi connectivity index (χ3v) is 2.38. The Kier molecular flexibility index (Phi) is 4.50. The Balaban J connectivity index is 2.98. The predicted molar refractivity (Wildman–Crippen MR) is 61.5 cm³/mol. The van der Waals surface area contributed by atoms with E-state index in [1.165, 1.54) is 6.92 Å². The van der Waals surface area contributed by atoms with Gasteiger partial charge in [-0.3, -0.25) is 9.59 Å². The molecule has 1 rings (SSSR count). The number of ketones is 1. The Morgan fingerprint density at radius 1 is 1.31 bits per heavy atom. The summed E-state index contributed by atoms with van der Waals surface area (Å²) in [5.74, 6) is -1.60. The van der Waals surface area contributed by atoms with Crippen molar-refractivity contribution in [2.75, 3.05) is 6.61 Å². The van der Waals surface area contributed by atoms with Crippen LogP contribution in [-0.4, -0.2) is 18.4 Å². The Hall–Kier alpha value is -1.35. The molecule has 1 aromatic carbocycles. The second kappa shape index (κ2) is 5.66. The molecule has 0 aliphatic rings. The van der Waals surface area contributed by atoms with Gasteiger partial charge in [0.2, 0.25) is 0 Å². The first kappa shape index (κ1) is 12.7. The Morgan fingerprint density at radius 2 is 1.88 bits per heavy atom. The molecule has 0 saturated carbocycles. The average Bonchev–Trinajstić information content (AvgIpc) is 2.21. The maximum absolute atomic E-state index is 11.6. The van der Waals surface area contributed by atoms with Crippen molar-refractivity contribution >= 4 is 23.4 Å². The summed E-state index contributed by atoms with van der Waals surface area (Å²) in [6.45, 7) is 3.34. The van der Waals surface area contributed by atoms with Gasteiger partial charge in [0.15, 0.2) is 0 Å². The zero-order chi connectivity index (χ0) is 12.1. The maximum Gasteiger partial charge on any atom is 0.320 e. The molecule has 0 radical (unpaired) electrons. The molecule has 0 aromatic heterocycles. The molecule has 0 saturated heterocycles. The van der Waals surface area contributed by atoms with E-state index in [1.54, 1.807) is 31.2 Å². The molecule has 1 unspecified atom stereocenters. The smallest absolute Gasteiger partial charge is 0.320 e. The summed E-state index contributed by atoms with van der Waals surface area (Å²) < 4.78 is 4.86. The highest BCUT2D eigenvalue weighted by Crippen LogP contribution is 2.20.